The molecule has 9 heteroatoms. The highest BCUT2D eigenvalue weighted by Crippen LogP contribution is 2.35. The Bertz CT molecular complexity index is 823. The Labute approximate surface area is 166 Å². The van der Waals surface area contributed by atoms with E-state index in [1.165, 1.54) is 17.4 Å². The first kappa shape index (κ1) is 20.1. The van der Waals surface area contributed by atoms with Gasteiger partial charge in [-0.05, 0) is 61.6 Å². The quantitative estimate of drug-likeness (QED) is 0.444. The van der Waals surface area contributed by atoms with Crippen molar-refractivity contribution in [3.8, 4) is 0 Å². The molecule has 0 radical (unpaired) electrons. The van der Waals surface area contributed by atoms with E-state index in [0.29, 0.717) is 23.8 Å². The van der Waals surface area contributed by atoms with Crippen LogP contribution in [0.4, 0.5) is 4.79 Å². The van der Waals surface area contributed by atoms with E-state index in [-0.39, 0.29) is 0 Å². The average molecular weight is 405 g/mol. The molecule has 1 aromatic heterocycles. The molecule has 3 rings (SSSR count). The third-order valence-electron chi connectivity index (χ3n) is 5.14. The molecule has 2 aliphatic rings. The van der Waals surface area contributed by atoms with Gasteiger partial charge in [0.15, 0.2) is 6.61 Å². The van der Waals surface area contributed by atoms with Crippen LogP contribution in [0.2, 0.25) is 0 Å². The monoisotopic (exact) mass is 405 g/mol. The first-order valence-electron chi connectivity index (χ1n) is 9.16. The molecule has 150 valence electrons. The summed E-state index contributed by atoms with van der Waals surface area (Å²) in [7, 11) is 0. The number of thiophene rings is 1. The highest BCUT2D eigenvalue weighted by molar-refractivity contribution is 7.11. The molecule has 1 aliphatic heterocycles. The number of carbonyl (C=O) groups excluding carboxylic acids is 4. The lowest BCUT2D eigenvalue weighted by atomic mass is 9.77. The first-order valence-corrected chi connectivity index (χ1v) is 10.0. The molecule has 1 saturated carbocycles. The van der Waals surface area contributed by atoms with Gasteiger partial charge in [-0.1, -0.05) is 6.92 Å². The Morgan fingerprint density at radius 2 is 2.11 bits per heavy atom. The van der Waals surface area contributed by atoms with E-state index in [2.05, 4.69) is 17.7 Å². The first-order chi connectivity index (χ1) is 13.3. The maximum atomic E-state index is 12.6. The Hall–Kier alpha value is -2.68. The lowest BCUT2D eigenvalue weighted by Gasteiger charge is -2.33. The number of hydrazine groups is 1. The molecule has 28 heavy (non-hydrogen) atoms. The standard InChI is InChI=1S/C19H23N3O5S/c1-12-5-8-19(9-6-12)17(25)22(18(26)20-19)21-15(23)11-27-16(24)4-3-14-13(2)7-10-28-14/h3-4,7,10,12H,5-6,8-9,11H2,1-2H3,(H,20,26)(H,21,23)/b4-3+. The SMILES string of the molecule is Cc1ccsc1/C=C/C(=O)OCC(=O)NN1C(=O)NC2(CCC(C)CC2)C1=O. The number of aryl methyl sites for hydroxylation is 1. The van der Waals surface area contributed by atoms with Gasteiger partial charge in [0.05, 0.1) is 0 Å². The third kappa shape index (κ3) is 4.24. The molecule has 1 spiro atoms. The predicted octanol–water partition coefficient (Wildman–Crippen LogP) is 2.14. The number of imide groups is 1. The van der Waals surface area contributed by atoms with E-state index in [4.69, 9.17) is 4.74 Å². The van der Waals surface area contributed by atoms with Crippen LogP contribution >= 0.6 is 11.3 Å². The van der Waals surface area contributed by atoms with Crippen LogP contribution in [0.15, 0.2) is 17.5 Å². The highest BCUT2D eigenvalue weighted by Gasteiger charge is 2.52. The lowest BCUT2D eigenvalue weighted by Crippen LogP contribution is -2.52. The number of carbonyl (C=O) groups is 4. The molecular formula is C19H23N3O5S. The topological polar surface area (TPSA) is 105 Å². The second-order valence-electron chi connectivity index (χ2n) is 7.28. The van der Waals surface area contributed by atoms with E-state index in [0.717, 1.165) is 23.3 Å². The van der Waals surface area contributed by atoms with E-state index in [9.17, 15) is 19.2 Å². The lowest BCUT2D eigenvalue weighted by molar-refractivity contribution is -0.147. The average Bonchev–Trinajstić information content (AvgIpc) is 3.17. The predicted molar refractivity (Wildman–Crippen MR) is 103 cm³/mol. The summed E-state index contributed by atoms with van der Waals surface area (Å²) in [6.07, 6.45) is 5.62. The zero-order valence-corrected chi connectivity index (χ0v) is 16.6. The fraction of sp³-hybridized carbons (Fsp3) is 0.474. The van der Waals surface area contributed by atoms with E-state index in [1.807, 2.05) is 18.4 Å². The summed E-state index contributed by atoms with van der Waals surface area (Å²) in [5, 5.41) is 5.31. The Morgan fingerprint density at radius 3 is 2.75 bits per heavy atom. The molecule has 0 bridgehead atoms. The van der Waals surface area contributed by atoms with Gasteiger partial charge in [0.25, 0.3) is 11.8 Å². The molecule has 1 aliphatic carbocycles. The number of rotatable bonds is 5. The van der Waals surface area contributed by atoms with Crippen molar-refractivity contribution in [3.63, 3.8) is 0 Å². The Kier molecular flexibility index (Phi) is 5.83. The number of urea groups is 1. The maximum absolute atomic E-state index is 12.6. The fourth-order valence-corrected chi connectivity index (χ4v) is 4.18. The molecular weight excluding hydrogens is 382 g/mol. The van der Waals surface area contributed by atoms with Crippen LogP contribution < -0.4 is 10.7 Å². The van der Waals surface area contributed by atoms with Gasteiger partial charge >= 0.3 is 12.0 Å². The van der Waals surface area contributed by atoms with Crippen molar-refractivity contribution in [2.75, 3.05) is 6.61 Å². The van der Waals surface area contributed by atoms with Crippen LogP contribution in [0.1, 0.15) is 43.0 Å². The van der Waals surface area contributed by atoms with Crippen molar-refractivity contribution in [2.24, 2.45) is 5.92 Å². The van der Waals surface area contributed by atoms with E-state index in [1.54, 1.807) is 6.08 Å². The number of nitrogens with zero attached hydrogens (tertiary/aromatic N) is 1. The van der Waals surface area contributed by atoms with Crippen LogP contribution in [0.25, 0.3) is 6.08 Å². The van der Waals surface area contributed by atoms with Gasteiger partial charge in [-0.3, -0.25) is 15.0 Å². The maximum Gasteiger partial charge on any atom is 0.344 e. The number of nitrogens with one attached hydrogen (secondary N) is 2. The minimum Gasteiger partial charge on any atom is -0.452 e. The summed E-state index contributed by atoms with van der Waals surface area (Å²) >= 11 is 1.49. The van der Waals surface area contributed by atoms with Crippen LogP contribution in [0.5, 0.6) is 0 Å². The minimum atomic E-state index is -0.936. The normalized spacial score (nSPS) is 24.6. The van der Waals surface area contributed by atoms with Gasteiger partial charge in [0.2, 0.25) is 0 Å². The van der Waals surface area contributed by atoms with Crippen molar-refractivity contribution < 1.29 is 23.9 Å². The molecule has 0 unspecified atom stereocenters. The van der Waals surface area contributed by atoms with Gasteiger partial charge in [-0.25, -0.2) is 9.59 Å². The molecule has 2 N–H and O–H groups in total. The van der Waals surface area contributed by atoms with Crippen molar-refractivity contribution in [1.82, 2.24) is 15.8 Å². The van der Waals surface area contributed by atoms with Crippen molar-refractivity contribution in [2.45, 2.75) is 45.1 Å². The van der Waals surface area contributed by atoms with Gasteiger partial charge in [0.1, 0.15) is 5.54 Å². The molecule has 0 atom stereocenters. The Morgan fingerprint density at radius 1 is 1.39 bits per heavy atom. The van der Waals surface area contributed by atoms with Gasteiger partial charge < -0.3 is 10.1 Å². The molecule has 8 nitrogen and oxygen atoms in total. The minimum absolute atomic E-state index is 0.461. The van der Waals surface area contributed by atoms with Crippen LogP contribution in [0, 0.1) is 12.8 Å². The van der Waals surface area contributed by atoms with Gasteiger partial charge in [0, 0.05) is 11.0 Å². The molecule has 1 saturated heterocycles. The zero-order chi connectivity index (χ0) is 20.3. The van der Waals surface area contributed by atoms with Crippen LogP contribution in [-0.4, -0.2) is 41.0 Å². The summed E-state index contributed by atoms with van der Waals surface area (Å²) in [5.74, 6) is -1.39. The third-order valence-corrected chi connectivity index (χ3v) is 6.13. The van der Waals surface area contributed by atoms with E-state index < -0.39 is 36.0 Å². The van der Waals surface area contributed by atoms with Gasteiger partial charge in [-0.2, -0.15) is 5.01 Å². The number of hydrogen-bond donors (Lipinski definition) is 2. The van der Waals surface area contributed by atoms with E-state index >= 15 is 0 Å². The van der Waals surface area contributed by atoms with Crippen LogP contribution in [0.3, 0.4) is 0 Å². The summed E-state index contributed by atoms with van der Waals surface area (Å²) in [6, 6.07) is 1.27. The van der Waals surface area contributed by atoms with Gasteiger partial charge in [-0.15, -0.1) is 11.3 Å². The fourth-order valence-electron chi connectivity index (χ4n) is 3.36. The summed E-state index contributed by atoms with van der Waals surface area (Å²) < 4.78 is 4.87. The van der Waals surface area contributed by atoms with Crippen molar-refractivity contribution >= 4 is 41.2 Å². The summed E-state index contributed by atoms with van der Waals surface area (Å²) in [5.41, 5.74) is 2.33. The van der Waals surface area contributed by atoms with Crippen molar-refractivity contribution in [1.29, 1.82) is 0 Å². The van der Waals surface area contributed by atoms with Crippen LogP contribution in [-0.2, 0) is 19.1 Å². The zero-order valence-electron chi connectivity index (χ0n) is 15.8. The largest absolute Gasteiger partial charge is 0.452 e. The second-order valence-corrected chi connectivity index (χ2v) is 8.23. The summed E-state index contributed by atoms with van der Waals surface area (Å²) in [4.78, 5) is 49.5. The second kappa shape index (κ2) is 8.14. The Balaban J connectivity index is 1.50. The number of hydrogen-bond acceptors (Lipinski definition) is 6. The highest BCUT2D eigenvalue weighted by atomic mass is 32.1. The number of esters is 1. The van der Waals surface area contributed by atoms with Crippen molar-refractivity contribution in [3.05, 3.63) is 28.0 Å². The molecule has 2 fully saturated rings. The number of amides is 4. The molecule has 1 aromatic rings. The molecule has 4 amide bonds. The smallest absolute Gasteiger partial charge is 0.344 e. The molecule has 2 heterocycles. The summed E-state index contributed by atoms with van der Waals surface area (Å²) in [6.45, 7) is 3.44. The molecule has 0 aromatic carbocycles. The number of ether oxygens (including phenoxy) is 1.